The van der Waals surface area contributed by atoms with Crippen LogP contribution in [0.3, 0.4) is 0 Å². The number of hydrogen-bond acceptors (Lipinski definition) is 7. The number of carbonyl (C=O) groups excluding carboxylic acids is 2. The van der Waals surface area contributed by atoms with E-state index in [2.05, 4.69) is 34.2 Å². The molecule has 1 atom stereocenters. The Kier molecular flexibility index (Phi) is 6.65. The Morgan fingerprint density at radius 1 is 1.29 bits per heavy atom. The van der Waals surface area contributed by atoms with E-state index in [-0.39, 0.29) is 12.5 Å². The summed E-state index contributed by atoms with van der Waals surface area (Å²) in [4.78, 5) is 32.2. The topological polar surface area (TPSA) is 94.3 Å². The molecule has 0 saturated heterocycles. The number of nitrogens with one attached hydrogen (secondary N) is 1. The molecule has 3 N–H and O–H groups in total. The Hall–Kier alpha value is -2.75. The van der Waals surface area contributed by atoms with Crippen LogP contribution in [0, 0.1) is 5.92 Å². The molecule has 3 aromatic heterocycles. The summed E-state index contributed by atoms with van der Waals surface area (Å²) in [5, 5.41) is 6.03. The van der Waals surface area contributed by atoms with Crippen molar-refractivity contribution >= 4 is 71.4 Å². The maximum atomic E-state index is 13.3. The molecule has 1 aliphatic carbocycles. The van der Waals surface area contributed by atoms with E-state index in [9.17, 15) is 9.59 Å². The zero-order valence-corrected chi connectivity index (χ0v) is 22.5. The Morgan fingerprint density at radius 3 is 2.80 bits per heavy atom. The van der Waals surface area contributed by atoms with Gasteiger partial charge in [0.2, 0.25) is 0 Å². The molecule has 0 fully saturated rings. The van der Waals surface area contributed by atoms with Crippen molar-refractivity contribution in [1.29, 1.82) is 0 Å². The summed E-state index contributed by atoms with van der Waals surface area (Å²) in [5.74, 6) is -0.217. The second-order valence-electron chi connectivity index (χ2n) is 8.67. The number of halogens is 1. The highest BCUT2D eigenvalue weighted by atomic mass is 79.9. The molecular weight excluding hydrogens is 546 g/mol. The molecule has 9 heteroatoms. The van der Waals surface area contributed by atoms with Gasteiger partial charge in [-0.05, 0) is 61.4 Å². The SMILES string of the molecule is CCOC(=O)c1c(-c2ccc(Br)cc2)csc1NC(=O)c1sc2nc3c(cc2c1N)CC(C)CC3. The number of carbonyl (C=O) groups is 2. The summed E-state index contributed by atoms with van der Waals surface area (Å²) in [6.07, 6.45) is 3.05. The van der Waals surface area contributed by atoms with E-state index < -0.39 is 5.97 Å². The van der Waals surface area contributed by atoms with Crippen LogP contribution in [0.25, 0.3) is 21.3 Å². The fourth-order valence-electron chi connectivity index (χ4n) is 4.40. The van der Waals surface area contributed by atoms with Gasteiger partial charge in [-0.2, -0.15) is 0 Å². The molecule has 3 heterocycles. The lowest BCUT2D eigenvalue weighted by molar-refractivity contribution is 0.0529. The number of aryl methyl sites for hydroxylation is 1. The van der Waals surface area contributed by atoms with E-state index in [4.69, 9.17) is 15.5 Å². The third-order valence-electron chi connectivity index (χ3n) is 6.19. The van der Waals surface area contributed by atoms with Crippen LogP contribution in [-0.4, -0.2) is 23.5 Å². The lowest BCUT2D eigenvalue weighted by atomic mass is 9.87. The van der Waals surface area contributed by atoms with Crippen molar-refractivity contribution in [2.75, 3.05) is 17.7 Å². The average Bonchev–Trinajstić information content (AvgIpc) is 3.39. The summed E-state index contributed by atoms with van der Waals surface area (Å²) in [6.45, 7) is 4.24. The standard InChI is InChI=1S/C26H24BrN3O3S2/c1-3-33-26(32)20-18(14-5-7-16(27)8-6-14)12-34-25(20)30-23(31)22-21(28)17-11-15-10-13(2)4-9-19(15)29-24(17)35-22/h5-8,11-13H,3-4,9-10,28H2,1-2H3,(H,30,31). The molecular formula is C26H24BrN3O3S2. The van der Waals surface area contributed by atoms with Gasteiger partial charge in [0, 0.05) is 26.5 Å². The van der Waals surface area contributed by atoms with E-state index >= 15 is 0 Å². The maximum absolute atomic E-state index is 13.3. The highest BCUT2D eigenvalue weighted by molar-refractivity contribution is 9.10. The molecule has 1 amide bonds. The summed E-state index contributed by atoms with van der Waals surface area (Å²) >= 11 is 6.02. The Balaban J connectivity index is 1.50. The number of nitrogens with two attached hydrogens (primary N) is 1. The molecule has 1 unspecified atom stereocenters. The molecule has 180 valence electrons. The van der Waals surface area contributed by atoms with Crippen LogP contribution < -0.4 is 11.1 Å². The molecule has 0 aliphatic heterocycles. The molecule has 0 saturated carbocycles. The molecule has 5 rings (SSSR count). The first kappa shape index (κ1) is 24.0. The summed E-state index contributed by atoms with van der Waals surface area (Å²) < 4.78 is 6.25. The predicted molar refractivity (Wildman–Crippen MR) is 147 cm³/mol. The zero-order chi connectivity index (χ0) is 24.7. The van der Waals surface area contributed by atoms with Crippen molar-refractivity contribution in [3.05, 3.63) is 61.9 Å². The van der Waals surface area contributed by atoms with Gasteiger partial charge < -0.3 is 15.8 Å². The minimum atomic E-state index is -0.477. The van der Waals surface area contributed by atoms with Gasteiger partial charge in [-0.25, -0.2) is 9.78 Å². The monoisotopic (exact) mass is 569 g/mol. The van der Waals surface area contributed by atoms with Gasteiger partial charge in [0.1, 0.15) is 20.3 Å². The average molecular weight is 571 g/mol. The van der Waals surface area contributed by atoms with Crippen LogP contribution >= 0.6 is 38.6 Å². The number of esters is 1. The number of benzene rings is 1. The quantitative estimate of drug-likeness (QED) is 0.254. The fraction of sp³-hybridized carbons (Fsp3) is 0.269. The molecule has 0 spiro atoms. The molecule has 0 radical (unpaired) electrons. The number of ether oxygens (including phenoxy) is 1. The van der Waals surface area contributed by atoms with Gasteiger partial charge in [-0.15, -0.1) is 22.7 Å². The number of rotatable bonds is 5. The van der Waals surface area contributed by atoms with Crippen LogP contribution in [0.4, 0.5) is 10.7 Å². The van der Waals surface area contributed by atoms with Crippen molar-refractivity contribution in [2.45, 2.75) is 33.1 Å². The number of hydrogen-bond donors (Lipinski definition) is 2. The number of aromatic nitrogens is 1. The van der Waals surface area contributed by atoms with Crippen molar-refractivity contribution in [2.24, 2.45) is 5.92 Å². The van der Waals surface area contributed by atoms with E-state index in [0.29, 0.717) is 32.6 Å². The Morgan fingerprint density at radius 2 is 2.06 bits per heavy atom. The van der Waals surface area contributed by atoms with Gasteiger partial charge in [0.15, 0.2) is 0 Å². The predicted octanol–water partition coefficient (Wildman–Crippen LogP) is 6.92. The lowest BCUT2D eigenvalue weighted by Crippen LogP contribution is -2.15. The number of fused-ring (bicyclic) bond motifs is 2. The van der Waals surface area contributed by atoms with E-state index in [1.807, 2.05) is 29.6 Å². The van der Waals surface area contributed by atoms with E-state index in [1.165, 1.54) is 28.2 Å². The van der Waals surface area contributed by atoms with Gasteiger partial charge in [0.25, 0.3) is 5.91 Å². The van der Waals surface area contributed by atoms with E-state index in [1.54, 1.807) is 6.92 Å². The second-order valence-corrected chi connectivity index (χ2v) is 11.5. The number of nitrogen functional groups attached to an aromatic ring is 1. The summed E-state index contributed by atoms with van der Waals surface area (Å²) in [5.41, 5.74) is 11.1. The largest absolute Gasteiger partial charge is 0.462 e. The van der Waals surface area contributed by atoms with Crippen molar-refractivity contribution in [1.82, 2.24) is 4.98 Å². The second kappa shape index (κ2) is 9.72. The van der Waals surface area contributed by atoms with E-state index in [0.717, 1.165) is 45.2 Å². The third-order valence-corrected chi connectivity index (χ3v) is 8.73. The minimum absolute atomic E-state index is 0.236. The number of nitrogens with zero attached hydrogens (tertiary/aromatic N) is 1. The number of anilines is 2. The first-order valence-electron chi connectivity index (χ1n) is 11.4. The Labute approximate surface area is 219 Å². The third kappa shape index (κ3) is 4.60. The number of pyridine rings is 1. The lowest BCUT2D eigenvalue weighted by Gasteiger charge is -2.20. The smallest absolute Gasteiger partial charge is 0.341 e. The van der Waals surface area contributed by atoms with Gasteiger partial charge >= 0.3 is 5.97 Å². The molecule has 1 aliphatic rings. The first-order chi connectivity index (χ1) is 16.9. The zero-order valence-electron chi connectivity index (χ0n) is 19.3. The van der Waals surface area contributed by atoms with Crippen LogP contribution in [0.1, 0.15) is 51.6 Å². The summed E-state index contributed by atoms with van der Waals surface area (Å²) in [7, 11) is 0. The van der Waals surface area contributed by atoms with Gasteiger partial charge in [-0.1, -0.05) is 35.0 Å². The number of amides is 1. The summed E-state index contributed by atoms with van der Waals surface area (Å²) in [6, 6.07) is 9.74. The van der Waals surface area contributed by atoms with Crippen molar-refractivity contribution < 1.29 is 14.3 Å². The fourth-order valence-corrected chi connectivity index (χ4v) is 6.61. The first-order valence-corrected chi connectivity index (χ1v) is 13.9. The molecule has 6 nitrogen and oxygen atoms in total. The van der Waals surface area contributed by atoms with Crippen LogP contribution in [0.5, 0.6) is 0 Å². The number of thiophene rings is 2. The van der Waals surface area contributed by atoms with Crippen LogP contribution in [0.15, 0.2) is 40.2 Å². The molecule has 35 heavy (non-hydrogen) atoms. The molecule has 1 aromatic carbocycles. The molecule has 4 aromatic rings. The van der Waals surface area contributed by atoms with Crippen molar-refractivity contribution in [3.8, 4) is 11.1 Å². The maximum Gasteiger partial charge on any atom is 0.341 e. The van der Waals surface area contributed by atoms with Crippen LogP contribution in [-0.2, 0) is 17.6 Å². The van der Waals surface area contributed by atoms with Crippen LogP contribution in [0.2, 0.25) is 0 Å². The minimum Gasteiger partial charge on any atom is -0.462 e. The molecule has 0 bridgehead atoms. The highest BCUT2D eigenvalue weighted by Gasteiger charge is 2.26. The van der Waals surface area contributed by atoms with Crippen molar-refractivity contribution in [3.63, 3.8) is 0 Å². The Bertz CT molecular complexity index is 1440. The van der Waals surface area contributed by atoms with Gasteiger partial charge in [0.05, 0.1) is 12.3 Å². The normalized spacial score (nSPS) is 15.1. The highest BCUT2D eigenvalue weighted by Crippen LogP contribution is 2.39. The van der Waals surface area contributed by atoms with Gasteiger partial charge in [-0.3, -0.25) is 4.79 Å².